The summed E-state index contributed by atoms with van der Waals surface area (Å²) in [6.45, 7) is 11.6. The van der Waals surface area contributed by atoms with Crippen molar-refractivity contribution < 1.29 is 0 Å². The lowest BCUT2D eigenvalue weighted by Crippen LogP contribution is -2.20. The average Bonchev–Trinajstić information content (AvgIpc) is 2.01. The number of allylic oxidation sites excluding steroid dienone is 2. The SMILES string of the molecule is CC(C)(C)/C=C/C1CCC(C)(C)CC1. The molecule has 0 aromatic heterocycles. The topological polar surface area (TPSA) is 0 Å². The fraction of sp³-hybridized carbons (Fsp3) is 0.857. The Labute approximate surface area is 89.8 Å². The molecule has 0 bridgehead atoms. The Balaban J connectivity index is 2.40. The maximum absolute atomic E-state index is 2.45. The van der Waals surface area contributed by atoms with Crippen LogP contribution in [0.4, 0.5) is 0 Å². The van der Waals surface area contributed by atoms with Crippen molar-refractivity contribution in [3.8, 4) is 0 Å². The molecule has 0 aromatic carbocycles. The van der Waals surface area contributed by atoms with Crippen LogP contribution in [-0.4, -0.2) is 0 Å². The average molecular weight is 194 g/mol. The zero-order chi connectivity index (χ0) is 10.8. The Morgan fingerprint density at radius 3 is 2.00 bits per heavy atom. The van der Waals surface area contributed by atoms with Crippen molar-refractivity contribution >= 4 is 0 Å². The van der Waals surface area contributed by atoms with E-state index >= 15 is 0 Å². The molecule has 0 N–H and O–H groups in total. The Morgan fingerprint density at radius 1 is 1.07 bits per heavy atom. The summed E-state index contributed by atoms with van der Waals surface area (Å²) in [4.78, 5) is 0. The van der Waals surface area contributed by atoms with Crippen LogP contribution in [0, 0.1) is 16.7 Å². The molecule has 0 unspecified atom stereocenters. The van der Waals surface area contributed by atoms with E-state index in [2.05, 4.69) is 46.8 Å². The predicted octanol–water partition coefficient (Wildman–Crippen LogP) is 4.81. The molecule has 0 nitrogen and oxygen atoms in total. The molecule has 0 radical (unpaired) electrons. The molecule has 14 heavy (non-hydrogen) atoms. The van der Waals surface area contributed by atoms with Crippen molar-refractivity contribution in [2.75, 3.05) is 0 Å². The van der Waals surface area contributed by atoms with Gasteiger partial charge in [-0.1, -0.05) is 46.8 Å². The normalized spacial score (nSPS) is 24.4. The molecule has 0 amide bonds. The van der Waals surface area contributed by atoms with Gasteiger partial charge in [-0.15, -0.1) is 0 Å². The zero-order valence-corrected chi connectivity index (χ0v) is 10.6. The molecule has 1 saturated carbocycles. The molecule has 1 aliphatic rings. The van der Waals surface area contributed by atoms with E-state index in [0.29, 0.717) is 10.8 Å². The van der Waals surface area contributed by atoms with Gasteiger partial charge in [0.25, 0.3) is 0 Å². The van der Waals surface area contributed by atoms with Crippen LogP contribution in [0.3, 0.4) is 0 Å². The van der Waals surface area contributed by atoms with Crippen LogP contribution in [0.15, 0.2) is 12.2 Å². The van der Waals surface area contributed by atoms with Crippen LogP contribution in [0.5, 0.6) is 0 Å². The van der Waals surface area contributed by atoms with Gasteiger partial charge in [0.2, 0.25) is 0 Å². The maximum atomic E-state index is 2.45. The van der Waals surface area contributed by atoms with Gasteiger partial charge in [-0.05, 0) is 42.4 Å². The summed E-state index contributed by atoms with van der Waals surface area (Å²) in [5.41, 5.74) is 0.957. The summed E-state index contributed by atoms with van der Waals surface area (Å²) < 4.78 is 0. The molecule has 0 atom stereocenters. The van der Waals surface area contributed by atoms with E-state index in [1.54, 1.807) is 0 Å². The Bertz CT molecular complexity index is 193. The number of rotatable bonds is 1. The van der Waals surface area contributed by atoms with E-state index in [4.69, 9.17) is 0 Å². The summed E-state index contributed by atoms with van der Waals surface area (Å²) in [6.07, 6.45) is 10.4. The largest absolute Gasteiger partial charge is 0.0849 e. The first-order chi connectivity index (χ1) is 6.29. The molecular weight excluding hydrogens is 168 g/mol. The van der Waals surface area contributed by atoms with Gasteiger partial charge in [0.05, 0.1) is 0 Å². The predicted molar refractivity (Wildman–Crippen MR) is 64.3 cm³/mol. The first kappa shape index (κ1) is 11.8. The summed E-state index contributed by atoms with van der Waals surface area (Å²) >= 11 is 0. The van der Waals surface area contributed by atoms with Gasteiger partial charge in [0.15, 0.2) is 0 Å². The lowest BCUT2D eigenvalue weighted by molar-refractivity contribution is 0.213. The second-order valence-electron chi connectivity index (χ2n) is 6.73. The van der Waals surface area contributed by atoms with E-state index in [1.807, 2.05) is 0 Å². The van der Waals surface area contributed by atoms with E-state index in [-0.39, 0.29) is 0 Å². The highest BCUT2D eigenvalue weighted by molar-refractivity contribution is 4.98. The second-order valence-corrected chi connectivity index (χ2v) is 6.73. The fourth-order valence-corrected chi connectivity index (χ4v) is 2.04. The van der Waals surface area contributed by atoms with Gasteiger partial charge < -0.3 is 0 Å². The molecule has 0 heterocycles. The Morgan fingerprint density at radius 2 is 1.57 bits per heavy atom. The van der Waals surface area contributed by atoms with E-state index < -0.39 is 0 Å². The second kappa shape index (κ2) is 4.08. The lowest BCUT2D eigenvalue weighted by atomic mass is 9.73. The van der Waals surface area contributed by atoms with Crippen LogP contribution in [0.1, 0.15) is 60.3 Å². The zero-order valence-electron chi connectivity index (χ0n) is 10.6. The van der Waals surface area contributed by atoms with Crippen LogP contribution in [-0.2, 0) is 0 Å². The minimum atomic E-state index is 0.354. The van der Waals surface area contributed by atoms with Crippen LogP contribution < -0.4 is 0 Å². The van der Waals surface area contributed by atoms with Crippen molar-refractivity contribution in [3.63, 3.8) is 0 Å². The van der Waals surface area contributed by atoms with Crippen LogP contribution in [0.25, 0.3) is 0 Å². The van der Waals surface area contributed by atoms with Crippen LogP contribution >= 0.6 is 0 Å². The molecule has 0 aliphatic heterocycles. The molecule has 1 aliphatic carbocycles. The molecule has 82 valence electrons. The van der Waals surface area contributed by atoms with Gasteiger partial charge in [-0.2, -0.15) is 0 Å². The quantitative estimate of drug-likeness (QED) is 0.526. The van der Waals surface area contributed by atoms with Gasteiger partial charge in [-0.3, -0.25) is 0 Å². The third kappa shape index (κ3) is 4.30. The van der Waals surface area contributed by atoms with E-state index in [0.717, 1.165) is 5.92 Å². The van der Waals surface area contributed by atoms with E-state index in [9.17, 15) is 0 Å². The highest BCUT2D eigenvalue weighted by atomic mass is 14.3. The molecule has 1 rings (SSSR count). The van der Waals surface area contributed by atoms with Crippen molar-refractivity contribution in [3.05, 3.63) is 12.2 Å². The molecule has 1 fully saturated rings. The Kier molecular flexibility index (Phi) is 3.44. The molecule has 0 heteroatoms. The van der Waals surface area contributed by atoms with Crippen molar-refractivity contribution in [2.24, 2.45) is 16.7 Å². The fourth-order valence-electron chi connectivity index (χ4n) is 2.04. The van der Waals surface area contributed by atoms with Gasteiger partial charge in [0, 0.05) is 0 Å². The van der Waals surface area contributed by atoms with Crippen molar-refractivity contribution in [1.29, 1.82) is 0 Å². The third-order valence-electron chi connectivity index (χ3n) is 3.25. The standard InChI is InChI=1S/C14H26/c1-13(2,3)9-6-12-7-10-14(4,5)11-8-12/h6,9,12H,7-8,10-11H2,1-5H3/b9-6+. The molecule has 0 saturated heterocycles. The Hall–Kier alpha value is -0.260. The summed E-state index contributed by atoms with van der Waals surface area (Å²) in [6, 6.07) is 0. The molecular formula is C14H26. The van der Waals surface area contributed by atoms with Crippen LogP contribution in [0.2, 0.25) is 0 Å². The van der Waals surface area contributed by atoms with Gasteiger partial charge in [0.1, 0.15) is 0 Å². The van der Waals surface area contributed by atoms with Gasteiger partial charge >= 0.3 is 0 Å². The molecule has 0 spiro atoms. The monoisotopic (exact) mass is 194 g/mol. The summed E-state index contributed by atoms with van der Waals surface area (Å²) in [5, 5.41) is 0. The third-order valence-corrected chi connectivity index (χ3v) is 3.25. The molecule has 0 aromatic rings. The summed E-state index contributed by atoms with van der Waals surface area (Å²) in [5.74, 6) is 0.849. The number of hydrogen-bond donors (Lipinski definition) is 0. The minimum Gasteiger partial charge on any atom is -0.0849 e. The van der Waals surface area contributed by atoms with Crippen molar-refractivity contribution in [2.45, 2.75) is 60.3 Å². The van der Waals surface area contributed by atoms with E-state index in [1.165, 1.54) is 25.7 Å². The van der Waals surface area contributed by atoms with Crippen molar-refractivity contribution in [1.82, 2.24) is 0 Å². The van der Waals surface area contributed by atoms with Gasteiger partial charge in [-0.25, -0.2) is 0 Å². The maximum Gasteiger partial charge on any atom is -0.0203 e. The minimum absolute atomic E-state index is 0.354. The first-order valence-corrected chi connectivity index (χ1v) is 5.98. The lowest BCUT2D eigenvalue weighted by Gasteiger charge is -2.33. The number of hydrogen-bond acceptors (Lipinski definition) is 0. The summed E-state index contributed by atoms with van der Waals surface area (Å²) in [7, 11) is 0. The highest BCUT2D eigenvalue weighted by Crippen LogP contribution is 2.38. The highest BCUT2D eigenvalue weighted by Gasteiger charge is 2.25. The smallest absolute Gasteiger partial charge is 0.0203 e. The first-order valence-electron chi connectivity index (χ1n) is 5.98.